The van der Waals surface area contributed by atoms with Crippen LogP contribution in [0.2, 0.25) is 0 Å². The molecule has 0 spiro atoms. The maximum absolute atomic E-state index is 12.7. The first-order valence-electron chi connectivity index (χ1n) is 7.72. The second kappa shape index (κ2) is 6.69. The molecule has 1 aromatic carbocycles. The lowest BCUT2D eigenvalue weighted by molar-refractivity contribution is -0.142. The molecule has 1 aromatic heterocycles. The van der Waals surface area contributed by atoms with Gasteiger partial charge in [0.05, 0.1) is 18.2 Å². The molecular formula is C17H15F3N4O. The first-order valence-corrected chi connectivity index (χ1v) is 7.72. The first kappa shape index (κ1) is 17.2. The van der Waals surface area contributed by atoms with E-state index in [0.29, 0.717) is 31.3 Å². The van der Waals surface area contributed by atoms with Crippen LogP contribution in [0.25, 0.3) is 0 Å². The van der Waals surface area contributed by atoms with Gasteiger partial charge in [0.25, 0.3) is 5.56 Å². The molecule has 2 aromatic rings. The zero-order chi connectivity index (χ0) is 18.0. The summed E-state index contributed by atoms with van der Waals surface area (Å²) in [5.74, 6) is 0.0767. The summed E-state index contributed by atoms with van der Waals surface area (Å²) in [7, 11) is 0. The molecule has 8 heteroatoms. The Bertz CT molecular complexity index is 863. The Balaban J connectivity index is 1.59. The van der Waals surface area contributed by atoms with Crippen molar-refractivity contribution < 1.29 is 13.2 Å². The van der Waals surface area contributed by atoms with Gasteiger partial charge in [0, 0.05) is 31.6 Å². The lowest BCUT2D eigenvalue weighted by Gasteiger charge is -2.39. The van der Waals surface area contributed by atoms with Crippen molar-refractivity contribution in [1.29, 1.82) is 5.26 Å². The van der Waals surface area contributed by atoms with Crippen LogP contribution in [0, 0.1) is 17.2 Å². The molecule has 1 aliphatic rings. The van der Waals surface area contributed by atoms with Gasteiger partial charge < -0.3 is 0 Å². The summed E-state index contributed by atoms with van der Waals surface area (Å²) in [6, 6.07) is 11.0. The number of hydrogen-bond acceptors (Lipinski definition) is 4. The zero-order valence-corrected chi connectivity index (χ0v) is 13.2. The van der Waals surface area contributed by atoms with Crippen molar-refractivity contribution in [3.05, 3.63) is 63.6 Å². The van der Waals surface area contributed by atoms with E-state index in [1.807, 2.05) is 18.2 Å². The molecule has 0 N–H and O–H groups in total. The number of nitrogens with zero attached hydrogens (tertiary/aromatic N) is 4. The van der Waals surface area contributed by atoms with Crippen LogP contribution < -0.4 is 5.56 Å². The number of halogens is 3. The second-order valence-corrected chi connectivity index (χ2v) is 6.11. The van der Waals surface area contributed by atoms with Crippen LogP contribution in [0.3, 0.4) is 0 Å². The van der Waals surface area contributed by atoms with Crippen LogP contribution in [0.1, 0.15) is 16.8 Å². The number of aromatic nitrogens is 2. The highest BCUT2D eigenvalue weighted by molar-refractivity contribution is 5.32. The molecule has 25 heavy (non-hydrogen) atoms. The Hall–Kier alpha value is -2.66. The summed E-state index contributed by atoms with van der Waals surface area (Å²) in [6.07, 6.45) is -4.56. The maximum atomic E-state index is 12.7. The minimum Gasteiger partial charge on any atom is -0.298 e. The Morgan fingerprint density at radius 2 is 2.00 bits per heavy atom. The van der Waals surface area contributed by atoms with E-state index in [0.717, 1.165) is 16.3 Å². The fourth-order valence-electron chi connectivity index (χ4n) is 2.89. The highest BCUT2D eigenvalue weighted by atomic mass is 19.4. The maximum Gasteiger partial charge on any atom is 0.435 e. The van der Waals surface area contributed by atoms with Crippen LogP contribution in [-0.4, -0.2) is 27.8 Å². The number of nitriles is 1. The van der Waals surface area contributed by atoms with Crippen molar-refractivity contribution in [2.75, 3.05) is 13.1 Å². The summed E-state index contributed by atoms with van der Waals surface area (Å²) < 4.78 is 39.0. The molecule has 0 atom stereocenters. The lowest BCUT2D eigenvalue weighted by Crippen LogP contribution is -2.49. The number of alkyl halides is 3. The van der Waals surface area contributed by atoms with Crippen molar-refractivity contribution in [3.8, 4) is 6.07 Å². The summed E-state index contributed by atoms with van der Waals surface area (Å²) in [6.45, 7) is 2.16. The van der Waals surface area contributed by atoms with E-state index >= 15 is 0 Å². The van der Waals surface area contributed by atoms with E-state index < -0.39 is 17.4 Å². The van der Waals surface area contributed by atoms with E-state index in [4.69, 9.17) is 5.26 Å². The second-order valence-electron chi connectivity index (χ2n) is 6.11. The van der Waals surface area contributed by atoms with Gasteiger partial charge in [-0.25, -0.2) is 4.68 Å². The smallest absolute Gasteiger partial charge is 0.298 e. The summed E-state index contributed by atoms with van der Waals surface area (Å²) in [5, 5.41) is 12.3. The van der Waals surface area contributed by atoms with Crippen molar-refractivity contribution in [3.63, 3.8) is 0 Å². The predicted octanol–water partition coefficient (Wildman–Crippen LogP) is 2.27. The quantitative estimate of drug-likeness (QED) is 0.850. The molecule has 0 unspecified atom stereocenters. The van der Waals surface area contributed by atoms with Gasteiger partial charge in [-0.2, -0.15) is 23.5 Å². The normalized spacial score (nSPS) is 15.6. The Kier molecular flexibility index (Phi) is 4.59. The highest BCUT2D eigenvalue weighted by Gasteiger charge is 2.34. The van der Waals surface area contributed by atoms with Crippen molar-refractivity contribution in [1.82, 2.24) is 14.7 Å². The molecule has 1 saturated heterocycles. The van der Waals surface area contributed by atoms with Gasteiger partial charge in [0.1, 0.15) is 0 Å². The van der Waals surface area contributed by atoms with Crippen LogP contribution >= 0.6 is 0 Å². The third kappa shape index (κ3) is 4.06. The minimum atomic E-state index is -4.56. The van der Waals surface area contributed by atoms with Gasteiger partial charge in [0.15, 0.2) is 5.69 Å². The minimum absolute atomic E-state index is 0.0767. The lowest BCUT2D eigenvalue weighted by atomic mass is 9.99. The number of benzene rings is 1. The van der Waals surface area contributed by atoms with Gasteiger partial charge in [-0.1, -0.05) is 12.1 Å². The van der Waals surface area contributed by atoms with E-state index in [1.54, 1.807) is 6.07 Å². The number of likely N-dealkylation sites (tertiary alicyclic amines) is 1. The molecule has 1 fully saturated rings. The van der Waals surface area contributed by atoms with E-state index in [9.17, 15) is 18.0 Å². The molecule has 5 nitrogen and oxygen atoms in total. The fraction of sp³-hybridized carbons (Fsp3) is 0.353. The molecular weight excluding hydrogens is 333 g/mol. The van der Waals surface area contributed by atoms with Gasteiger partial charge in [-0.05, 0) is 23.8 Å². The molecule has 2 heterocycles. The van der Waals surface area contributed by atoms with Crippen molar-refractivity contribution in [2.45, 2.75) is 19.3 Å². The Morgan fingerprint density at radius 3 is 2.68 bits per heavy atom. The number of hydrogen-bond donors (Lipinski definition) is 0. The third-order valence-electron chi connectivity index (χ3n) is 4.08. The summed E-state index contributed by atoms with van der Waals surface area (Å²) >= 11 is 0. The van der Waals surface area contributed by atoms with Crippen LogP contribution in [0.4, 0.5) is 13.2 Å². The SMILES string of the molecule is N#Cc1cccc(CN2CC(Cn3nc(C(F)(F)F)ccc3=O)C2)c1. The van der Waals surface area contributed by atoms with Crippen LogP contribution in [-0.2, 0) is 19.3 Å². The predicted molar refractivity (Wildman–Crippen MR) is 83.4 cm³/mol. The molecule has 3 rings (SSSR count). The largest absolute Gasteiger partial charge is 0.435 e. The Morgan fingerprint density at radius 1 is 1.24 bits per heavy atom. The number of rotatable bonds is 4. The van der Waals surface area contributed by atoms with Gasteiger partial charge in [-0.15, -0.1) is 0 Å². The average Bonchev–Trinajstić information content (AvgIpc) is 2.53. The highest BCUT2D eigenvalue weighted by Crippen LogP contribution is 2.26. The first-order chi connectivity index (χ1) is 11.8. The van der Waals surface area contributed by atoms with E-state index in [2.05, 4.69) is 16.1 Å². The third-order valence-corrected chi connectivity index (χ3v) is 4.08. The molecule has 0 aliphatic carbocycles. The topological polar surface area (TPSA) is 61.9 Å². The van der Waals surface area contributed by atoms with E-state index in [-0.39, 0.29) is 12.5 Å². The van der Waals surface area contributed by atoms with Gasteiger partial charge in [0.2, 0.25) is 0 Å². The molecule has 0 bridgehead atoms. The summed E-state index contributed by atoms with van der Waals surface area (Å²) in [4.78, 5) is 13.8. The molecule has 0 radical (unpaired) electrons. The molecule has 0 amide bonds. The Labute approximate surface area is 141 Å². The fourth-order valence-corrected chi connectivity index (χ4v) is 2.89. The van der Waals surface area contributed by atoms with E-state index in [1.165, 1.54) is 0 Å². The standard InChI is InChI=1S/C17H15F3N4O/c18-17(19,20)15-4-5-16(25)24(22-15)11-14-9-23(10-14)8-13-3-1-2-12(6-13)7-21/h1-6,14H,8-11H2. The van der Waals surface area contributed by atoms with Crippen molar-refractivity contribution in [2.24, 2.45) is 5.92 Å². The van der Waals surface area contributed by atoms with Crippen molar-refractivity contribution >= 4 is 0 Å². The average molecular weight is 348 g/mol. The monoisotopic (exact) mass is 348 g/mol. The molecule has 0 saturated carbocycles. The summed E-state index contributed by atoms with van der Waals surface area (Å²) in [5.41, 5.74) is 0.00548. The molecule has 130 valence electrons. The van der Waals surface area contributed by atoms with Crippen LogP contribution in [0.15, 0.2) is 41.2 Å². The van der Waals surface area contributed by atoms with Gasteiger partial charge >= 0.3 is 6.18 Å². The van der Waals surface area contributed by atoms with Crippen LogP contribution in [0.5, 0.6) is 0 Å². The molecule has 1 aliphatic heterocycles. The van der Waals surface area contributed by atoms with Gasteiger partial charge in [-0.3, -0.25) is 9.69 Å². The zero-order valence-electron chi connectivity index (χ0n) is 13.2.